The van der Waals surface area contributed by atoms with Crippen molar-refractivity contribution in [1.29, 1.82) is 0 Å². The monoisotopic (exact) mass is 263 g/mol. The number of methoxy groups -OCH3 is 1. The summed E-state index contributed by atoms with van der Waals surface area (Å²) in [7, 11) is 1.66. The third kappa shape index (κ3) is 1.98. The van der Waals surface area contributed by atoms with Gasteiger partial charge in [0.2, 0.25) is 0 Å². The predicted octanol–water partition coefficient (Wildman–Crippen LogP) is 1.87. The Labute approximate surface area is 89.2 Å². The first kappa shape index (κ1) is 9.30. The van der Waals surface area contributed by atoms with Crippen molar-refractivity contribution in [2.75, 3.05) is 20.2 Å². The van der Waals surface area contributed by atoms with Crippen LogP contribution in [-0.2, 0) is 0 Å². The molecule has 0 unspecified atom stereocenters. The number of nitrogens with one attached hydrogen (secondary N) is 1. The van der Waals surface area contributed by atoms with E-state index in [1.165, 1.54) is 11.3 Å². The second-order valence-electron chi connectivity index (χ2n) is 2.80. The fourth-order valence-corrected chi connectivity index (χ4v) is 2.59. The highest BCUT2D eigenvalue weighted by Gasteiger charge is 2.20. The summed E-state index contributed by atoms with van der Waals surface area (Å²) in [5.74, 6) is 0. The molecule has 1 aromatic heterocycles. The molecule has 1 aliphatic heterocycles. The molecule has 0 amide bonds. The molecule has 72 valence electrons. The molecule has 13 heavy (non-hydrogen) atoms. The van der Waals surface area contributed by atoms with E-state index in [0.29, 0.717) is 6.10 Å². The normalized spacial score (nSPS) is 16.8. The van der Waals surface area contributed by atoms with E-state index in [-0.39, 0.29) is 0 Å². The molecule has 0 radical (unpaired) electrons. The fourth-order valence-electron chi connectivity index (χ4n) is 1.04. The highest BCUT2D eigenvalue weighted by Crippen LogP contribution is 2.39. The molecule has 0 aliphatic carbocycles. The van der Waals surface area contributed by atoms with Crippen LogP contribution in [0, 0.1) is 0 Å². The molecule has 5 heteroatoms. The summed E-state index contributed by atoms with van der Waals surface area (Å²) >= 11 is 4.91. The highest BCUT2D eigenvalue weighted by molar-refractivity contribution is 9.10. The molecule has 3 nitrogen and oxygen atoms in total. The molecule has 1 aromatic rings. The average Bonchev–Trinajstić information content (AvgIpc) is 2.39. The molecule has 1 saturated heterocycles. The number of halogens is 1. The van der Waals surface area contributed by atoms with Gasteiger partial charge in [-0.1, -0.05) is 11.3 Å². The van der Waals surface area contributed by atoms with Crippen molar-refractivity contribution in [1.82, 2.24) is 5.32 Å². The minimum Gasteiger partial charge on any atom is -0.486 e. The first-order valence-corrected chi connectivity index (χ1v) is 5.61. The topological polar surface area (TPSA) is 30.5 Å². The number of hydrogen-bond acceptors (Lipinski definition) is 4. The molecule has 0 aromatic carbocycles. The van der Waals surface area contributed by atoms with Crippen LogP contribution in [0.3, 0.4) is 0 Å². The zero-order valence-corrected chi connectivity index (χ0v) is 9.57. The molecule has 2 heterocycles. The largest absolute Gasteiger partial charge is 0.486 e. The smallest absolute Gasteiger partial charge is 0.191 e. The average molecular weight is 264 g/mol. The van der Waals surface area contributed by atoms with Crippen LogP contribution in [0.2, 0.25) is 0 Å². The molecular formula is C8H10BrNO2S. The predicted molar refractivity (Wildman–Crippen MR) is 55.9 cm³/mol. The van der Waals surface area contributed by atoms with Crippen molar-refractivity contribution in [2.45, 2.75) is 6.10 Å². The van der Waals surface area contributed by atoms with Gasteiger partial charge in [-0.3, -0.25) is 0 Å². The van der Waals surface area contributed by atoms with Crippen molar-refractivity contribution in [2.24, 2.45) is 0 Å². The summed E-state index contributed by atoms with van der Waals surface area (Å²) in [5.41, 5.74) is 0. The van der Waals surface area contributed by atoms with Gasteiger partial charge in [-0.2, -0.15) is 0 Å². The SMILES string of the molecule is COc1sc(OC2CNC2)cc1Br. The molecule has 0 atom stereocenters. The lowest BCUT2D eigenvalue weighted by atomic mass is 10.2. The van der Waals surface area contributed by atoms with Gasteiger partial charge in [0.1, 0.15) is 6.10 Å². The Morgan fingerprint density at radius 3 is 2.85 bits per heavy atom. The van der Waals surface area contributed by atoms with Gasteiger partial charge in [-0.25, -0.2) is 0 Å². The summed E-state index contributed by atoms with van der Waals surface area (Å²) in [6.07, 6.45) is 0.329. The van der Waals surface area contributed by atoms with E-state index in [9.17, 15) is 0 Å². The lowest BCUT2D eigenvalue weighted by molar-refractivity contribution is 0.147. The van der Waals surface area contributed by atoms with Gasteiger partial charge in [0.25, 0.3) is 0 Å². The number of ether oxygens (including phenoxy) is 2. The van der Waals surface area contributed by atoms with Crippen molar-refractivity contribution in [3.8, 4) is 10.1 Å². The molecule has 1 N–H and O–H groups in total. The molecule has 0 saturated carbocycles. The highest BCUT2D eigenvalue weighted by atomic mass is 79.9. The van der Waals surface area contributed by atoms with Gasteiger partial charge >= 0.3 is 0 Å². The Kier molecular flexibility index (Phi) is 2.76. The van der Waals surface area contributed by atoms with Crippen LogP contribution in [-0.4, -0.2) is 26.3 Å². The Bertz CT molecular complexity index is 298. The van der Waals surface area contributed by atoms with Crippen molar-refractivity contribution in [3.05, 3.63) is 10.5 Å². The summed E-state index contributed by atoms with van der Waals surface area (Å²) in [6, 6.07) is 1.95. The zero-order valence-electron chi connectivity index (χ0n) is 7.17. The van der Waals surface area contributed by atoms with E-state index < -0.39 is 0 Å². The molecule has 1 fully saturated rings. The van der Waals surface area contributed by atoms with Gasteiger partial charge in [-0.15, -0.1) is 0 Å². The van der Waals surface area contributed by atoms with Crippen molar-refractivity contribution in [3.63, 3.8) is 0 Å². The van der Waals surface area contributed by atoms with Crippen LogP contribution in [0.15, 0.2) is 10.5 Å². The second kappa shape index (κ2) is 3.86. The summed E-state index contributed by atoms with van der Waals surface area (Å²) in [5, 5.41) is 4.93. The third-order valence-electron chi connectivity index (χ3n) is 1.85. The van der Waals surface area contributed by atoms with Crippen LogP contribution in [0.25, 0.3) is 0 Å². The molecular weight excluding hydrogens is 254 g/mol. The van der Waals surface area contributed by atoms with E-state index in [2.05, 4.69) is 21.2 Å². The number of thiophene rings is 1. The van der Waals surface area contributed by atoms with Gasteiger partial charge in [0.15, 0.2) is 10.1 Å². The maximum absolute atomic E-state index is 5.66. The lowest BCUT2D eigenvalue weighted by Gasteiger charge is -2.26. The Balaban J connectivity index is 2.03. The zero-order chi connectivity index (χ0) is 9.26. The van der Waals surface area contributed by atoms with E-state index in [4.69, 9.17) is 9.47 Å². The van der Waals surface area contributed by atoms with Gasteiger partial charge in [-0.05, 0) is 15.9 Å². The third-order valence-corrected chi connectivity index (χ3v) is 3.68. The Morgan fingerprint density at radius 1 is 1.62 bits per heavy atom. The lowest BCUT2D eigenvalue weighted by Crippen LogP contribution is -2.50. The fraction of sp³-hybridized carbons (Fsp3) is 0.500. The van der Waals surface area contributed by atoms with Crippen LogP contribution >= 0.6 is 27.3 Å². The van der Waals surface area contributed by atoms with Crippen LogP contribution < -0.4 is 14.8 Å². The quantitative estimate of drug-likeness (QED) is 0.904. The van der Waals surface area contributed by atoms with Crippen molar-refractivity contribution >= 4 is 27.3 Å². The van der Waals surface area contributed by atoms with E-state index in [1.807, 2.05) is 6.07 Å². The minimum atomic E-state index is 0.329. The molecule has 0 bridgehead atoms. The summed E-state index contributed by atoms with van der Waals surface area (Å²) in [4.78, 5) is 0. The Hall–Kier alpha value is -0.260. The van der Waals surface area contributed by atoms with E-state index >= 15 is 0 Å². The molecule has 1 aliphatic rings. The standard InChI is InChI=1S/C8H10BrNO2S/c1-11-8-6(9)2-7(13-8)12-5-3-10-4-5/h2,5,10H,3-4H2,1H3. The number of rotatable bonds is 3. The number of hydrogen-bond donors (Lipinski definition) is 1. The molecule has 0 spiro atoms. The van der Waals surface area contributed by atoms with E-state index in [0.717, 1.165) is 27.7 Å². The van der Waals surface area contributed by atoms with Crippen LogP contribution in [0.5, 0.6) is 10.1 Å². The molecule has 2 rings (SSSR count). The second-order valence-corrected chi connectivity index (χ2v) is 4.63. The van der Waals surface area contributed by atoms with Gasteiger partial charge in [0, 0.05) is 19.2 Å². The first-order valence-electron chi connectivity index (χ1n) is 4.00. The van der Waals surface area contributed by atoms with E-state index in [1.54, 1.807) is 7.11 Å². The summed E-state index contributed by atoms with van der Waals surface area (Å²) < 4.78 is 11.8. The van der Waals surface area contributed by atoms with Crippen molar-refractivity contribution < 1.29 is 9.47 Å². The maximum atomic E-state index is 5.66. The maximum Gasteiger partial charge on any atom is 0.191 e. The van der Waals surface area contributed by atoms with Gasteiger partial charge in [0.05, 0.1) is 11.6 Å². The first-order chi connectivity index (χ1) is 6.29. The minimum absolute atomic E-state index is 0.329. The Morgan fingerprint density at radius 2 is 2.38 bits per heavy atom. The van der Waals surface area contributed by atoms with Crippen LogP contribution in [0.4, 0.5) is 0 Å². The summed E-state index contributed by atoms with van der Waals surface area (Å²) in [6.45, 7) is 1.88. The van der Waals surface area contributed by atoms with Crippen LogP contribution in [0.1, 0.15) is 0 Å². The van der Waals surface area contributed by atoms with Gasteiger partial charge < -0.3 is 14.8 Å².